The summed E-state index contributed by atoms with van der Waals surface area (Å²) >= 11 is 5.82. The van der Waals surface area contributed by atoms with Crippen LogP contribution in [0.25, 0.3) is 0 Å². The van der Waals surface area contributed by atoms with Gasteiger partial charge in [0.2, 0.25) is 5.91 Å². The van der Waals surface area contributed by atoms with Gasteiger partial charge in [-0.25, -0.2) is 0 Å². The van der Waals surface area contributed by atoms with Gasteiger partial charge in [0.1, 0.15) is 0 Å². The van der Waals surface area contributed by atoms with E-state index < -0.39 is 5.91 Å². The third-order valence-electron chi connectivity index (χ3n) is 1.87. The molecular formula is C11H14ClN3O2. The van der Waals surface area contributed by atoms with Gasteiger partial charge in [-0.3, -0.25) is 14.6 Å². The third-order valence-corrected chi connectivity index (χ3v) is 2.20. The highest BCUT2D eigenvalue weighted by Crippen LogP contribution is 2.12. The minimum Gasteiger partial charge on any atom is -0.352 e. The summed E-state index contributed by atoms with van der Waals surface area (Å²) in [6, 6.07) is 1.56. The predicted octanol–water partition coefficient (Wildman–Crippen LogP) is 0.989. The molecule has 92 valence electrons. The molecule has 0 aromatic carbocycles. The highest BCUT2D eigenvalue weighted by atomic mass is 35.5. The Labute approximate surface area is 105 Å². The summed E-state index contributed by atoms with van der Waals surface area (Å²) < 4.78 is 0. The lowest BCUT2D eigenvalue weighted by atomic mass is 10.2. The average Bonchev–Trinajstić information content (AvgIpc) is 2.25. The maximum Gasteiger partial charge on any atom is 0.254 e. The molecular weight excluding hydrogens is 242 g/mol. The van der Waals surface area contributed by atoms with Gasteiger partial charge in [0, 0.05) is 18.4 Å². The average molecular weight is 256 g/mol. The van der Waals surface area contributed by atoms with Crippen LogP contribution in [0.2, 0.25) is 5.02 Å². The van der Waals surface area contributed by atoms with Crippen molar-refractivity contribution in [2.75, 3.05) is 6.54 Å². The van der Waals surface area contributed by atoms with Crippen molar-refractivity contribution in [3.63, 3.8) is 0 Å². The van der Waals surface area contributed by atoms with Crippen molar-refractivity contribution in [2.45, 2.75) is 19.9 Å². The van der Waals surface area contributed by atoms with E-state index in [1.807, 2.05) is 13.8 Å². The second-order valence-electron chi connectivity index (χ2n) is 3.76. The van der Waals surface area contributed by atoms with Crippen LogP contribution in [0.1, 0.15) is 24.2 Å². The van der Waals surface area contributed by atoms with E-state index in [-0.39, 0.29) is 24.1 Å². The first-order chi connectivity index (χ1) is 8.00. The summed E-state index contributed by atoms with van der Waals surface area (Å²) in [4.78, 5) is 26.7. The van der Waals surface area contributed by atoms with Crippen LogP contribution in [0.5, 0.6) is 0 Å². The molecule has 0 spiro atoms. The number of amides is 2. The van der Waals surface area contributed by atoms with Crippen molar-refractivity contribution in [1.82, 2.24) is 15.6 Å². The summed E-state index contributed by atoms with van der Waals surface area (Å²) in [6.07, 6.45) is 2.85. The van der Waals surface area contributed by atoms with E-state index in [1.54, 1.807) is 0 Å². The fourth-order valence-electron chi connectivity index (χ4n) is 1.17. The van der Waals surface area contributed by atoms with E-state index in [1.165, 1.54) is 18.5 Å². The molecule has 0 bridgehead atoms. The van der Waals surface area contributed by atoms with Crippen LogP contribution >= 0.6 is 11.6 Å². The highest BCUT2D eigenvalue weighted by molar-refractivity contribution is 6.33. The van der Waals surface area contributed by atoms with Crippen LogP contribution < -0.4 is 10.6 Å². The minimum atomic E-state index is -0.415. The fraction of sp³-hybridized carbons (Fsp3) is 0.364. The molecule has 0 radical (unpaired) electrons. The van der Waals surface area contributed by atoms with E-state index in [0.29, 0.717) is 5.02 Å². The van der Waals surface area contributed by atoms with Crippen LogP contribution in [-0.4, -0.2) is 29.4 Å². The largest absolute Gasteiger partial charge is 0.352 e. The Kier molecular flexibility index (Phi) is 4.90. The number of hydrogen-bond acceptors (Lipinski definition) is 3. The normalized spacial score (nSPS) is 10.1. The van der Waals surface area contributed by atoms with Gasteiger partial charge in [0.25, 0.3) is 5.91 Å². The van der Waals surface area contributed by atoms with Crippen LogP contribution in [-0.2, 0) is 4.79 Å². The van der Waals surface area contributed by atoms with Crippen molar-refractivity contribution in [3.8, 4) is 0 Å². The molecule has 0 unspecified atom stereocenters. The van der Waals surface area contributed by atoms with Crippen molar-refractivity contribution in [1.29, 1.82) is 0 Å². The topological polar surface area (TPSA) is 71.1 Å². The van der Waals surface area contributed by atoms with Gasteiger partial charge >= 0.3 is 0 Å². The molecule has 1 heterocycles. The zero-order chi connectivity index (χ0) is 12.8. The van der Waals surface area contributed by atoms with Gasteiger partial charge in [-0.2, -0.15) is 0 Å². The molecule has 2 amide bonds. The number of hydrogen-bond donors (Lipinski definition) is 2. The zero-order valence-electron chi connectivity index (χ0n) is 9.66. The molecule has 0 aliphatic heterocycles. The molecule has 2 N–H and O–H groups in total. The summed E-state index contributed by atoms with van der Waals surface area (Å²) in [5.74, 6) is -0.657. The number of carbonyl (C=O) groups is 2. The molecule has 17 heavy (non-hydrogen) atoms. The van der Waals surface area contributed by atoms with Gasteiger partial charge in [-0.1, -0.05) is 11.6 Å². The maximum absolute atomic E-state index is 11.6. The SMILES string of the molecule is CC(C)NC(=O)CNC(=O)c1cnccc1Cl. The van der Waals surface area contributed by atoms with Crippen molar-refractivity contribution < 1.29 is 9.59 Å². The Hall–Kier alpha value is -1.62. The van der Waals surface area contributed by atoms with Crippen molar-refractivity contribution in [2.24, 2.45) is 0 Å². The number of rotatable bonds is 4. The fourth-order valence-corrected chi connectivity index (χ4v) is 1.36. The quantitative estimate of drug-likeness (QED) is 0.843. The van der Waals surface area contributed by atoms with Crippen molar-refractivity contribution >= 4 is 23.4 Å². The van der Waals surface area contributed by atoms with Crippen LogP contribution in [0, 0.1) is 0 Å². The van der Waals surface area contributed by atoms with Gasteiger partial charge in [-0.05, 0) is 19.9 Å². The lowest BCUT2D eigenvalue weighted by molar-refractivity contribution is -0.120. The first-order valence-corrected chi connectivity index (χ1v) is 5.55. The molecule has 0 saturated heterocycles. The van der Waals surface area contributed by atoms with Crippen molar-refractivity contribution in [3.05, 3.63) is 29.0 Å². The number of nitrogens with one attached hydrogen (secondary N) is 2. The number of carbonyl (C=O) groups excluding carboxylic acids is 2. The lowest BCUT2D eigenvalue weighted by Gasteiger charge is -2.09. The number of aromatic nitrogens is 1. The molecule has 6 heteroatoms. The monoisotopic (exact) mass is 255 g/mol. The Morgan fingerprint density at radius 3 is 2.76 bits per heavy atom. The highest BCUT2D eigenvalue weighted by Gasteiger charge is 2.11. The summed E-state index contributed by atoms with van der Waals surface area (Å²) in [5.41, 5.74) is 0.256. The first kappa shape index (κ1) is 13.4. The molecule has 1 rings (SSSR count). The Balaban J connectivity index is 2.51. The maximum atomic E-state index is 11.6. The minimum absolute atomic E-state index is 0.0429. The van der Waals surface area contributed by atoms with E-state index in [2.05, 4.69) is 15.6 Å². The van der Waals surface area contributed by atoms with Crippen LogP contribution in [0.3, 0.4) is 0 Å². The smallest absolute Gasteiger partial charge is 0.254 e. The molecule has 0 fully saturated rings. The number of nitrogens with zero attached hydrogens (tertiary/aromatic N) is 1. The summed E-state index contributed by atoms with van der Waals surface area (Å²) in [6.45, 7) is 3.61. The third kappa shape index (κ3) is 4.40. The molecule has 0 saturated carbocycles. The van der Waals surface area contributed by atoms with E-state index in [4.69, 9.17) is 11.6 Å². The summed E-state index contributed by atoms with van der Waals surface area (Å²) in [5, 5.41) is 5.44. The number of pyridine rings is 1. The second-order valence-corrected chi connectivity index (χ2v) is 4.17. The Morgan fingerprint density at radius 1 is 1.47 bits per heavy atom. The van der Waals surface area contributed by atoms with Crippen LogP contribution in [0.15, 0.2) is 18.5 Å². The molecule has 0 aliphatic rings. The van der Waals surface area contributed by atoms with Gasteiger partial charge in [-0.15, -0.1) is 0 Å². The summed E-state index contributed by atoms with van der Waals surface area (Å²) in [7, 11) is 0. The molecule has 0 aliphatic carbocycles. The van der Waals surface area contributed by atoms with Gasteiger partial charge in [0.05, 0.1) is 17.1 Å². The predicted molar refractivity (Wildman–Crippen MR) is 64.9 cm³/mol. The van der Waals surface area contributed by atoms with E-state index in [9.17, 15) is 9.59 Å². The molecule has 1 aromatic rings. The molecule has 1 aromatic heterocycles. The molecule has 5 nitrogen and oxygen atoms in total. The zero-order valence-corrected chi connectivity index (χ0v) is 10.4. The second kappa shape index (κ2) is 6.20. The van der Waals surface area contributed by atoms with E-state index >= 15 is 0 Å². The Bertz CT molecular complexity index is 421. The lowest BCUT2D eigenvalue weighted by Crippen LogP contribution is -2.39. The molecule has 0 atom stereocenters. The number of halogens is 1. The van der Waals surface area contributed by atoms with E-state index in [0.717, 1.165) is 0 Å². The standard InChI is InChI=1S/C11H14ClN3O2/c1-7(2)15-10(16)6-14-11(17)8-5-13-4-3-9(8)12/h3-5,7H,6H2,1-2H3,(H,14,17)(H,15,16). The van der Waals surface area contributed by atoms with Gasteiger partial charge < -0.3 is 10.6 Å². The Morgan fingerprint density at radius 2 is 2.18 bits per heavy atom. The van der Waals surface area contributed by atoms with Gasteiger partial charge in [0.15, 0.2) is 0 Å². The van der Waals surface area contributed by atoms with Crippen LogP contribution in [0.4, 0.5) is 0 Å². The first-order valence-electron chi connectivity index (χ1n) is 5.17.